The van der Waals surface area contributed by atoms with Gasteiger partial charge in [-0.25, -0.2) is 9.59 Å². The molecular formula is C27H34N2O5. The van der Waals surface area contributed by atoms with Gasteiger partial charge in [-0.15, -0.1) is 0 Å². The number of hydrogen-bond acceptors (Lipinski definition) is 4. The SMILES string of the molecule is CCN(C(=O)C(C)(C)C(C)(C)NC(=O)OCC1c2ccccc2-c2ccccc21)C(C)C(=O)O. The molecule has 1 atom stereocenters. The minimum absolute atomic E-state index is 0.0668. The highest BCUT2D eigenvalue weighted by atomic mass is 16.5. The molecule has 2 N–H and O–H groups in total. The van der Waals surface area contributed by atoms with Crippen molar-refractivity contribution in [1.82, 2.24) is 10.2 Å². The normalized spacial score (nSPS) is 14.1. The molecule has 0 saturated carbocycles. The molecule has 3 rings (SSSR count). The third kappa shape index (κ3) is 4.52. The zero-order chi connectivity index (χ0) is 25.3. The number of alkyl carbamates (subject to hydrolysis) is 1. The van der Waals surface area contributed by atoms with Crippen molar-refractivity contribution in [2.24, 2.45) is 5.41 Å². The lowest BCUT2D eigenvalue weighted by atomic mass is 9.73. The lowest BCUT2D eigenvalue weighted by molar-refractivity contribution is -0.155. The van der Waals surface area contributed by atoms with E-state index in [-0.39, 0.29) is 25.0 Å². The number of carbonyl (C=O) groups excluding carboxylic acids is 2. The quantitative estimate of drug-likeness (QED) is 0.590. The lowest BCUT2D eigenvalue weighted by Crippen LogP contribution is -2.61. The minimum Gasteiger partial charge on any atom is -0.480 e. The van der Waals surface area contributed by atoms with E-state index in [4.69, 9.17) is 4.74 Å². The second-order valence-electron chi connectivity index (χ2n) is 9.81. The third-order valence-corrected chi connectivity index (χ3v) is 7.28. The van der Waals surface area contributed by atoms with E-state index < -0.39 is 29.1 Å². The number of hydrogen-bond donors (Lipinski definition) is 2. The van der Waals surface area contributed by atoms with Crippen LogP contribution in [-0.4, -0.2) is 52.7 Å². The summed E-state index contributed by atoms with van der Waals surface area (Å²) in [6.07, 6.45) is -0.623. The van der Waals surface area contributed by atoms with Crippen LogP contribution in [-0.2, 0) is 14.3 Å². The molecule has 0 bridgehead atoms. The first-order valence-corrected chi connectivity index (χ1v) is 11.6. The molecule has 2 aromatic carbocycles. The van der Waals surface area contributed by atoms with Crippen molar-refractivity contribution in [3.8, 4) is 11.1 Å². The van der Waals surface area contributed by atoms with Crippen LogP contribution in [0.5, 0.6) is 0 Å². The van der Waals surface area contributed by atoms with Crippen molar-refractivity contribution < 1.29 is 24.2 Å². The van der Waals surface area contributed by atoms with Gasteiger partial charge in [-0.2, -0.15) is 0 Å². The molecule has 1 unspecified atom stereocenters. The molecule has 182 valence electrons. The number of carboxylic acids is 1. The molecule has 2 aromatic rings. The third-order valence-electron chi connectivity index (χ3n) is 7.28. The molecule has 0 spiro atoms. The van der Waals surface area contributed by atoms with E-state index in [2.05, 4.69) is 29.6 Å². The Morgan fingerprint density at radius 2 is 1.50 bits per heavy atom. The topological polar surface area (TPSA) is 95.9 Å². The number of nitrogens with zero attached hydrogens (tertiary/aromatic N) is 1. The maximum Gasteiger partial charge on any atom is 0.407 e. The number of fused-ring (bicyclic) bond motifs is 3. The predicted molar refractivity (Wildman–Crippen MR) is 131 cm³/mol. The number of aliphatic carboxylic acids is 1. The van der Waals surface area contributed by atoms with Crippen LogP contribution in [0.15, 0.2) is 48.5 Å². The summed E-state index contributed by atoms with van der Waals surface area (Å²) in [4.78, 5) is 38.9. The fourth-order valence-electron chi connectivity index (χ4n) is 4.40. The summed E-state index contributed by atoms with van der Waals surface area (Å²) in [6, 6.07) is 15.2. The van der Waals surface area contributed by atoms with Gasteiger partial charge in [0, 0.05) is 12.5 Å². The van der Waals surface area contributed by atoms with E-state index in [1.165, 1.54) is 11.8 Å². The van der Waals surface area contributed by atoms with Crippen LogP contribution in [0, 0.1) is 5.41 Å². The van der Waals surface area contributed by atoms with Crippen molar-refractivity contribution >= 4 is 18.0 Å². The largest absolute Gasteiger partial charge is 0.480 e. The highest BCUT2D eigenvalue weighted by Gasteiger charge is 2.47. The maximum atomic E-state index is 13.3. The molecule has 0 heterocycles. The first kappa shape index (κ1) is 25.3. The number of nitrogens with one attached hydrogen (secondary N) is 1. The Bertz CT molecular complexity index is 1050. The molecule has 2 amide bonds. The molecule has 0 radical (unpaired) electrons. The monoisotopic (exact) mass is 466 g/mol. The van der Waals surface area contributed by atoms with Gasteiger partial charge in [0.05, 0.1) is 11.0 Å². The Morgan fingerprint density at radius 3 is 1.97 bits per heavy atom. The van der Waals surface area contributed by atoms with Crippen molar-refractivity contribution in [2.75, 3.05) is 13.2 Å². The van der Waals surface area contributed by atoms with Gasteiger partial charge >= 0.3 is 12.1 Å². The molecular weight excluding hydrogens is 432 g/mol. The predicted octanol–water partition coefficient (Wildman–Crippen LogP) is 4.65. The van der Waals surface area contributed by atoms with Crippen LogP contribution in [0.4, 0.5) is 4.79 Å². The molecule has 1 aliphatic carbocycles. The van der Waals surface area contributed by atoms with Gasteiger partial charge in [0.2, 0.25) is 5.91 Å². The average molecular weight is 467 g/mol. The van der Waals surface area contributed by atoms with Crippen molar-refractivity contribution in [3.63, 3.8) is 0 Å². The first-order chi connectivity index (χ1) is 15.9. The van der Waals surface area contributed by atoms with Gasteiger partial charge in [0.15, 0.2) is 0 Å². The van der Waals surface area contributed by atoms with E-state index in [9.17, 15) is 19.5 Å². The number of carbonyl (C=O) groups is 3. The highest BCUT2D eigenvalue weighted by molar-refractivity contribution is 5.88. The second-order valence-corrected chi connectivity index (χ2v) is 9.81. The van der Waals surface area contributed by atoms with E-state index in [0.29, 0.717) is 0 Å². The number of ether oxygens (including phenoxy) is 1. The summed E-state index contributed by atoms with van der Waals surface area (Å²) >= 11 is 0. The number of rotatable bonds is 8. The van der Waals surface area contributed by atoms with Crippen molar-refractivity contribution in [3.05, 3.63) is 59.7 Å². The van der Waals surface area contributed by atoms with Crippen LogP contribution in [0.2, 0.25) is 0 Å². The number of likely N-dealkylation sites (N-methyl/N-ethyl adjacent to an activating group) is 1. The summed E-state index contributed by atoms with van der Waals surface area (Å²) < 4.78 is 5.65. The van der Waals surface area contributed by atoms with Crippen LogP contribution in [0.1, 0.15) is 58.6 Å². The summed E-state index contributed by atoms with van der Waals surface area (Å²) in [7, 11) is 0. The van der Waals surface area contributed by atoms with Gasteiger partial charge in [-0.1, -0.05) is 48.5 Å². The Morgan fingerprint density at radius 1 is 1.00 bits per heavy atom. The number of amides is 2. The van der Waals surface area contributed by atoms with E-state index in [1.54, 1.807) is 34.6 Å². The minimum atomic E-state index is -1.09. The molecule has 1 aliphatic rings. The molecule has 0 fully saturated rings. The Hall–Kier alpha value is -3.35. The summed E-state index contributed by atoms with van der Waals surface area (Å²) in [5, 5.41) is 12.2. The van der Waals surface area contributed by atoms with E-state index >= 15 is 0 Å². The Balaban J connectivity index is 1.72. The molecule has 7 nitrogen and oxygen atoms in total. The van der Waals surface area contributed by atoms with Gasteiger partial charge in [0.1, 0.15) is 12.6 Å². The number of carboxylic acid groups (broad SMARTS) is 1. The average Bonchev–Trinajstić information content (AvgIpc) is 3.11. The Kier molecular flexibility index (Phi) is 7.05. The molecule has 0 saturated heterocycles. The molecule has 34 heavy (non-hydrogen) atoms. The van der Waals surface area contributed by atoms with Crippen LogP contribution in [0.25, 0.3) is 11.1 Å². The molecule has 0 aliphatic heterocycles. The number of benzene rings is 2. The standard InChI is InChI=1S/C27H34N2O5/c1-7-29(17(2)23(30)31)24(32)26(3,4)27(5,6)28-25(33)34-16-22-20-14-10-8-12-18(20)19-13-9-11-15-21(19)22/h8-15,17,22H,7,16H2,1-6H3,(H,28,33)(H,30,31). The van der Waals surface area contributed by atoms with E-state index in [0.717, 1.165) is 22.3 Å². The fraction of sp³-hybridized carbons (Fsp3) is 0.444. The maximum absolute atomic E-state index is 13.3. The Labute approximate surface area is 201 Å². The molecule has 7 heteroatoms. The van der Waals surface area contributed by atoms with Crippen molar-refractivity contribution in [2.45, 2.75) is 59.0 Å². The van der Waals surface area contributed by atoms with Crippen LogP contribution in [0.3, 0.4) is 0 Å². The van der Waals surface area contributed by atoms with E-state index in [1.807, 2.05) is 24.3 Å². The van der Waals surface area contributed by atoms with Crippen molar-refractivity contribution in [1.29, 1.82) is 0 Å². The van der Waals surface area contributed by atoms with Gasteiger partial charge < -0.3 is 20.1 Å². The zero-order valence-corrected chi connectivity index (χ0v) is 20.7. The van der Waals surface area contributed by atoms with Crippen LogP contribution >= 0.6 is 0 Å². The lowest BCUT2D eigenvalue weighted by Gasteiger charge is -2.43. The van der Waals surface area contributed by atoms with Gasteiger partial charge in [-0.05, 0) is 63.8 Å². The summed E-state index contributed by atoms with van der Waals surface area (Å²) in [5.74, 6) is -1.50. The smallest absolute Gasteiger partial charge is 0.407 e. The molecule has 0 aromatic heterocycles. The summed E-state index contributed by atoms with van der Waals surface area (Å²) in [5.41, 5.74) is 2.44. The summed E-state index contributed by atoms with van der Waals surface area (Å²) in [6.45, 7) is 10.5. The second kappa shape index (κ2) is 9.49. The highest BCUT2D eigenvalue weighted by Crippen LogP contribution is 2.44. The van der Waals surface area contributed by atoms with Gasteiger partial charge in [0.25, 0.3) is 0 Å². The van der Waals surface area contributed by atoms with Crippen LogP contribution < -0.4 is 5.32 Å². The zero-order valence-electron chi connectivity index (χ0n) is 20.7. The van der Waals surface area contributed by atoms with Gasteiger partial charge in [-0.3, -0.25) is 4.79 Å². The fourth-order valence-corrected chi connectivity index (χ4v) is 4.40. The first-order valence-electron chi connectivity index (χ1n) is 11.6.